The molecule has 1 saturated heterocycles. The van der Waals surface area contributed by atoms with Crippen LogP contribution < -0.4 is 10.1 Å². The Kier molecular flexibility index (Phi) is 6.10. The molecular weight excluding hydrogens is 366 g/mol. The summed E-state index contributed by atoms with van der Waals surface area (Å²) in [6.45, 7) is 4.24. The molecule has 1 amide bonds. The zero-order chi connectivity index (χ0) is 20.1. The number of nitrogens with one attached hydrogen (secondary N) is 1. The number of aromatic nitrogens is 2. The Morgan fingerprint density at radius 1 is 1.24 bits per heavy atom. The van der Waals surface area contributed by atoms with Crippen LogP contribution in [0.25, 0.3) is 11.0 Å². The summed E-state index contributed by atoms with van der Waals surface area (Å²) in [5.74, 6) is 1.73. The zero-order valence-electron chi connectivity index (χ0n) is 16.8. The molecule has 1 unspecified atom stereocenters. The van der Waals surface area contributed by atoms with Crippen molar-refractivity contribution in [3.8, 4) is 5.75 Å². The molecule has 152 valence electrons. The molecule has 1 aliphatic rings. The topological polar surface area (TPSA) is 65.4 Å². The number of aryl methyl sites for hydroxylation is 1. The first kappa shape index (κ1) is 19.5. The van der Waals surface area contributed by atoms with E-state index in [0.717, 1.165) is 54.0 Å². The largest absolute Gasteiger partial charge is 0.491 e. The molecule has 6 heteroatoms. The van der Waals surface area contributed by atoms with E-state index in [1.165, 1.54) is 0 Å². The van der Waals surface area contributed by atoms with Crippen molar-refractivity contribution in [3.63, 3.8) is 0 Å². The van der Waals surface area contributed by atoms with E-state index in [9.17, 15) is 4.79 Å². The summed E-state index contributed by atoms with van der Waals surface area (Å²) in [6.07, 6.45) is 3.17. The van der Waals surface area contributed by atoms with Crippen LogP contribution in [0.4, 0.5) is 0 Å². The van der Waals surface area contributed by atoms with Gasteiger partial charge in [-0.25, -0.2) is 4.98 Å². The second-order valence-corrected chi connectivity index (χ2v) is 7.32. The van der Waals surface area contributed by atoms with Gasteiger partial charge in [0.1, 0.15) is 24.7 Å². The summed E-state index contributed by atoms with van der Waals surface area (Å²) in [7, 11) is 0. The highest BCUT2D eigenvalue weighted by Crippen LogP contribution is 2.18. The smallest absolute Gasteiger partial charge is 0.240 e. The molecule has 1 aromatic heterocycles. The average molecular weight is 393 g/mol. The summed E-state index contributed by atoms with van der Waals surface area (Å²) >= 11 is 0. The molecule has 1 atom stereocenters. The number of rotatable bonds is 8. The van der Waals surface area contributed by atoms with Crippen LogP contribution in [0.3, 0.4) is 0 Å². The summed E-state index contributed by atoms with van der Waals surface area (Å²) < 4.78 is 13.3. The van der Waals surface area contributed by atoms with Gasteiger partial charge in [0.15, 0.2) is 0 Å². The lowest BCUT2D eigenvalue weighted by Crippen LogP contribution is -2.27. The Bertz CT molecular complexity index is 959. The fourth-order valence-electron chi connectivity index (χ4n) is 3.64. The first-order valence-electron chi connectivity index (χ1n) is 10.3. The lowest BCUT2D eigenvalue weighted by molar-refractivity contribution is -0.121. The highest BCUT2D eigenvalue weighted by molar-refractivity contribution is 5.81. The van der Waals surface area contributed by atoms with Gasteiger partial charge in [0.25, 0.3) is 0 Å². The number of imidazole rings is 1. The summed E-state index contributed by atoms with van der Waals surface area (Å²) in [5.41, 5.74) is 2.96. The van der Waals surface area contributed by atoms with Crippen molar-refractivity contribution in [1.82, 2.24) is 14.9 Å². The second-order valence-electron chi connectivity index (χ2n) is 7.32. The van der Waals surface area contributed by atoms with Crippen LogP contribution in [0.5, 0.6) is 5.75 Å². The summed E-state index contributed by atoms with van der Waals surface area (Å²) in [6, 6.07) is 15.8. The minimum atomic E-state index is -0.0263. The van der Waals surface area contributed by atoms with Crippen molar-refractivity contribution in [1.29, 1.82) is 0 Å². The van der Waals surface area contributed by atoms with Gasteiger partial charge in [0.2, 0.25) is 5.91 Å². The minimum Gasteiger partial charge on any atom is -0.491 e. The van der Waals surface area contributed by atoms with E-state index in [-0.39, 0.29) is 18.6 Å². The van der Waals surface area contributed by atoms with Crippen molar-refractivity contribution < 1.29 is 14.3 Å². The predicted molar refractivity (Wildman–Crippen MR) is 112 cm³/mol. The quantitative estimate of drug-likeness (QED) is 0.636. The molecule has 1 N–H and O–H groups in total. The Labute approximate surface area is 170 Å². The standard InChI is InChI=1S/C23H27N3O3/c1-2-22-25-20-7-3-4-8-21(20)26(22)15-23(27)24-14-17-9-11-18(12-10-17)29-16-19-6-5-13-28-19/h3-4,7-12,19H,2,5-6,13-16H2,1H3,(H,24,27). The van der Waals surface area contributed by atoms with Gasteiger partial charge in [-0.2, -0.15) is 0 Å². The number of hydrogen-bond acceptors (Lipinski definition) is 4. The van der Waals surface area contributed by atoms with Gasteiger partial charge in [-0.3, -0.25) is 4.79 Å². The van der Waals surface area contributed by atoms with Gasteiger partial charge in [-0.05, 0) is 42.7 Å². The number of benzene rings is 2. The van der Waals surface area contributed by atoms with Crippen LogP contribution in [-0.2, 0) is 29.0 Å². The molecule has 6 nitrogen and oxygen atoms in total. The number of para-hydroxylation sites is 2. The van der Waals surface area contributed by atoms with E-state index >= 15 is 0 Å². The van der Waals surface area contributed by atoms with Crippen molar-refractivity contribution in [2.45, 2.75) is 45.4 Å². The molecule has 2 heterocycles. The summed E-state index contributed by atoms with van der Waals surface area (Å²) in [5, 5.41) is 3.00. The van der Waals surface area contributed by atoms with Gasteiger partial charge < -0.3 is 19.4 Å². The van der Waals surface area contributed by atoms with E-state index in [4.69, 9.17) is 9.47 Å². The number of fused-ring (bicyclic) bond motifs is 1. The van der Waals surface area contributed by atoms with Gasteiger partial charge in [-0.15, -0.1) is 0 Å². The Morgan fingerprint density at radius 2 is 2.07 bits per heavy atom. The number of carbonyl (C=O) groups is 1. The molecule has 29 heavy (non-hydrogen) atoms. The van der Waals surface area contributed by atoms with E-state index < -0.39 is 0 Å². The molecule has 0 saturated carbocycles. The molecular formula is C23H27N3O3. The minimum absolute atomic E-state index is 0.0263. The van der Waals surface area contributed by atoms with Gasteiger partial charge in [0, 0.05) is 19.6 Å². The Hall–Kier alpha value is -2.86. The molecule has 1 aliphatic heterocycles. The second kappa shape index (κ2) is 9.09. The molecule has 2 aromatic carbocycles. The number of ether oxygens (including phenoxy) is 2. The third-order valence-electron chi connectivity index (χ3n) is 5.22. The van der Waals surface area contributed by atoms with Gasteiger partial charge >= 0.3 is 0 Å². The molecule has 4 rings (SSSR count). The van der Waals surface area contributed by atoms with Crippen LogP contribution in [-0.4, -0.2) is 34.8 Å². The van der Waals surface area contributed by atoms with E-state index in [2.05, 4.69) is 17.2 Å². The average Bonchev–Trinajstić information content (AvgIpc) is 3.39. The van der Waals surface area contributed by atoms with Crippen LogP contribution in [0.2, 0.25) is 0 Å². The van der Waals surface area contributed by atoms with Crippen LogP contribution in [0.1, 0.15) is 31.2 Å². The van der Waals surface area contributed by atoms with Gasteiger partial charge in [-0.1, -0.05) is 31.2 Å². The number of nitrogens with zero attached hydrogens (tertiary/aromatic N) is 2. The number of carbonyl (C=O) groups excluding carboxylic acids is 1. The SMILES string of the molecule is CCc1nc2ccccc2n1CC(=O)NCc1ccc(OCC2CCCO2)cc1. The Morgan fingerprint density at radius 3 is 2.83 bits per heavy atom. The molecule has 0 aliphatic carbocycles. The summed E-state index contributed by atoms with van der Waals surface area (Å²) in [4.78, 5) is 17.1. The zero-order valence-corrected chi connectivity index (χ0v) is 16.8. The maximum atomic E-state index is 12.5. The van der Waals surface area contributed by atoms with Crippen molar-refractivity contribution in [3.05, 3.63) is 59.9 Å². The number of amides is 1. The normalized spacial score (nSPS) is 16.2. The number of hydrogen-bond donors (Lipinski definition) is 1. The fourth-order valence-corrected chi connectivity index (χ4v) is 3.64. The molecule has 3 aromatic rings. The first-order chi connectivity index (χ1) is 14.2. The molecule has 1 fully saturated rings. The van der Waals surface area contributed by atoms with E-state index in [1.54, 1.807) is 0 Å². The van der Waals surface area contributed by atoms with Gasteiger partial charge in [0.05, 0.1) is 17.1 Å². The van der Waals surface area contributed by atoms with Crippen molar-refractivity contribution in [2.75, 3.05) is 13.2 Å². The molecule has 0 bridgehead atoms. The first-order valence-corrected chi connectivity index (χ1v) is 10.3. The highest BCUT2D eigenvalue weighted by atomic mass is 16.5. The van der Waals surface area contributed by atoms with Crippen molar-refractivity contribution >= 4 is 16.9 Å². The van der Waals surface area contributed by atoms with Crippen LogP contribution in [0.15, 0.2) is 48.5 Å². The van der Waals surface area contributed by atoms with E-state index in [0.29, 0.717) is 13.2 Å². The fraction of sp³-hybridized carbons (Fsp3) is 0.391. The van der Waals surface area contributed by atoms with Crippen LogP contribution >= 0.6 is 0 Å². The van der Waals surface area contributed by atoms with E-state index in [1.807, 2.05) is 53.1 Å². The maximum absolute atomic E-state index is 12.5. The third kappa shape index (κ3) is 4.77. The lowest BCUT2D eigenvalue weighted by atomic mass is 10.2. The lowest BCUT2D eigenvalue weighted by Gasteiger charge is -2.12. The molecule has 0 spiro atoms. The monoisotopic (exact) mass is 393 g/mol. The third-order valence-corrected chi connectivity index (χ3v) is 5.22. The van der Waals surface area contributed by atoms with Crippen molar-refractivity contribution in [2.24, 2.45) is 0 Å². The predicted octanol–water partition coefficient (Wildman–Crippen LogP) is 3.47. The molecule has 0 radical (unpaired) electrons. The van der Waals surface area contributed by atoms with Crippen LogP contribution in [0, 0.1) is 0 Å². The highest BCUT2D eigenvalue weighted by Gasteiger charge is 2.16. The Balaban J connectivity index is 1.30. The maximum Gasteiger partial charge on any atom is 0.240 e.